The van der Waals surface area contributed by atoms with Gasteiger partial charge in [-0.15, -0.1) is 23.7 Å². The van der Waals surface area contributed by atoms with Crippen LogP contribution in [0.1, 0.15) is 41.0 Å². The molecule has 2 heterocycles. The van der Waals surface area contributed by atoms with E-state index in [1.807, 2.05) is 31.4 Å². The molecule has 0 saturated heterocycles. The molecule has 2 aromatic carbocycles. The normalized spacial score (nSPS) is 13.4. The second kappa shape index (κ2) is 10.1. The molecule has 0 spiro atoms. The van der Waals surface area contributed by atoms with Gasteiger partial charge in [-0.2, -0.15) is 0 Å². The van der Waals surface area contributed by atoms with Crippen LogP contribution < -0.4 is 10.1 Å². The Kier molecular flexibility index (Phi) is 7.48. The van der Waals surface area contributed by atoms with E-state index in [0.717, 1.165) is 37.5 Å². The van der Waals surface area contributed by atoms with Gasteiger partial charge in [0.2, 0.25) is 0 Å². The second-order valence-electron chi connectivity index (χ2n) is 7.52. The van der Waals surface area contributed by atoms with Crippen LogP contribution in [-0.2, 0) is 19.5 Å². The quantitative estimate of drug-likeness (QED) is 0.571. The van der Waals surface area contributed by atoms with Crippen molar-refractivity contribution < 1.29 is 9.53 Å². The van der Waals surface area contributed by atoms with Crippen LogP contribution in [0.5, 0.6) is 5.75 Å². The number of hydrogen-bond donors (Lipinski definition) is 1. The number of nitrogens with zero attached hydrogens (tertiary/aromatic N) is 2. The molecule has 1 N–H and O–H groups in total. The van der Waals surface area contributed by atoms with E-state index in [-0.39, 0.29) is 24.4 Å². The number of carbonyl (C=O) groups is 1. The maximum Gasteiger partial charge on any atom is 0.257 e. The zero-order chi connectivity index (χ0) is 20.2. The van der Waals surface area contributed by atoms with Crippen molar-refractivity contribution >= 4 is 34.8 Å². The first-order valence-electron chi connectivity index (χ1n) is 9.88. The smallest absolute Gasteiger partial charge is 0.257 e. The van der Waals surface area contributed by atoms with Gasteiger partial charge in [0.05, 0.1) is 11.8 Å². The lowest BCUT2D eigenvalue weighted by molar-refractivity contribution is 0.102. The van der Waals surface area contributed by atoms with Gasteiger partial charge in [-0.05, 0) is 55.7 Å². The summed E-state index contributed by atoms with van der Waals surface area (Å²) < 4.78 is 5.62. The van der Waals surface area contributed by atoms with Gasteiger partial charge in [-0.1, -0.05) is 24.3 Å². The first kappa shape index (κ1) is 22.3. The summed E-state index contributed by atoms with van der Waals surface area (Å²) in [5.74, 6) is 0.602. The lowest BCUT2D eigenvalue weighted by Gasteiger charge is -2.27. The molecule has 0 radical (unpaired) electrons. The molecule has 158 valence electrons. The summed E-state index contributed by atoms with van der Waals surface area (Å²) in [6, 6.07) is 15.8. The maximum absolute atomic E-state index is 12.5. The van der Waals surface area contributed by atoms with Gasteiger partial charge in [-0.3, -0.25) is 15.0 Å². The van der Waals surface area contributed by atoms with Crippen molar-refractivity contribution in [3.05, 3.63) is 76.3 Å². The van der Waals surface area contributed by atoms with E-state index in [0.29, 0.717) is 10.7 Å². The molecule has 0 atom stereocenters. The summed E-state index contributed by atoms with van der Waals surface area (Å²) in [5, 5.41) is 5.55. The predicted octanol–water partition coefficient (Wildman–Crippen LogP) is 5.16. The largest absolute Gasteiger partial charge is 0.491 e. The third-order valence-corrected chi connectivity index (χ3v) is 5.66. The average molecular weight is 444 g/mol. The molecule has 30 heavy (non-hydrogen) atoms. The van der Waals surface area contributed by atoms with Crippen molar-refractivity contribution in [1.82, 2.24) is 9.88 Å². The fourth-order valence-electron chi connectivity index (χ4n) is 3.48. The predicted molar refractivity (Wildman–Crippen MR) is 124 cm³/mol. The molecular weight excluding hydrogens is 418 g/mol. The summed E-state index contributed by atoms with van der Waals surface area (Å²) in [6.45, 7) is 6.72. The number of halogens is 1. The summed E-state index contributed by atoms with van der Waals surface area (Å²) in [7, 11) is 0. The van der Waals surface area contributed by atoms with Crippen LogP contribution in [-0.4, -0.2) is 28.4 Å². The highest BCUT2D eigenvalue weighted by molar-refractivity contribution is 7.14. The van der Waals surface area contributed by atoms with Crippen molar-refractivity contribution in [3.8, 4) is 5.75 Å². The van der Waals surface area contributed by atoms with Gasteiger partial charge in [0.1, 0.15) is 5.75 Å². The number of nitrogens with one attached hydrogen (secondary N) is 1. The molecule has 3 aromatic rings. The Morgan fingerprint density at radius 2 is 1.90 bits per heavy atom. The molecule has 0 aliphatic carbocycles. The lowest BCUT2D eigenvalue weighted by atomic mass is 10.00. The first-order valence-corrected chi connectivity index (χ1v) is 10.8. The highest BCUT2D eigenvalue weighted by atomic mass is 35.5. The Hall–Kier alpha value is -2.41. The monoisotopic (exact) mass is 443 g/mol. The average Bonchev–Trinajstić information content (AvgIpc) is 3.14. The second-order valence-corrected chi connectivity index (χ2v) is 8.38. The van der Waals surface area contributed by atoms with Crippen LogP contribution in [0.4, 0.5) is 5.13 Å². The number of fused-ring (bicyclic) bond motifs is 1. The van der Waals surface area contributed by atoms with Crippen LogP contribution in [0.15, 0.2) is 53.9 Å². The molecule has 0 fully saturated rings. The van der Waals surface area contributed by atoms with Gasteiger partial charge < -0.3 is 4.74 Å². The summed E-state index contributed by atoms with van der Waals surface area (Å²) >= 11 is 1.46. The van der Waals surface area contributed by atoms with Crippen LogP contribution in [0, 0.1) is 0 Å². The highest BCUT2D eigenvalue weighted by Gasteiger charge is 2.17. The Labute approximate surface area is 187 Å². The van der Waals surface area contributed by atoms with Crippen molar-refractivity contribution in [2.24, 2.45) is 0 Å². The number of amides is 1. The number of hydrogen-bond acceptors (Lipinski definition) is 5. The molecule has 1 aliphatic heterocycles. The van der Waals surface area contributed by atoms with Crippen LogP contribution in [0.25, 0.3) is 0 Å². The van der Waals surface area contributed by atoms with E-state index in [1.165, 1.54) is 22.5 Å². The summed E-state index contributed by atoms with van der Waals surface area (Å²) in [4.78, 5) is 19.5. The van der Waals surface area contributed by atoms with Crippen molar-refractivity contribution in [2.45, 2.75) is 39.5 Å². The van der Waals surface area contributed by atoms with Gasteiger partial charge in [0.15, 0.2) is 5.13 Å². The Bertz CT molecular complexity index is 988. The van der Waals surface area contributed by atoms with Crippen LogP contribution in [0.2, 0.25) is 0 Å². The summed E-state index contributed by atoms with van der Waals surface area (Å²) in [5.41, 5.74) is 4.42. The minimum absolute atomic E-state index is 0. The number of rotatable bonds is 6. The number of ether oxygens (including phenoxy) is 1. The third kappa shape index (κ3) is 5.59. The fourth-order valence-corrected chi connectivity index (χ4v) is 4.18. The maximum atomic E-state index is 12.5. The molecule has 7 heteroatoms. The van der Waals surface area contributed by atoms with E-state index in [1.54, 1.807) is 12.1 Å². The zero-order valence-corrected chi connectivity index (χ0v) is 18.8. The molecule has 0 bridgehead atoms. The van der Waals surface area contributed by atoms with Crippen molar-refractivity contribution in [2.75, 3.05) is 11.9 Å². The molecule has 1 aromatic heterocycles. The molecule has 0 unspecified atom stereocenters. The van der Waals surface area contributed by atoms with E-state index in [9.17, 15) is 4.79 Å². The van der Waals surface area contributed by atoms with E-state index >= 15 is 0 Å². The lowest BCUT2D eigenvalue weighted by Crippen LogP contribution is -2.30. The minimum atomic E-state index is -0.158. The van der Waals surface area contributed by atoms with Gasteiger partial charge >= 0.3 is 0 Å². The number of anilines is 1. The number of carbonyl (C=O) groups excluding carboxylic acids is 1. The Balaban J connectivity index is 0.00000256. The molecule has 1 aliphatic rings. The van der Waals surface area contributed by atoms with Crippen molar-refractivity contribution in [1.29, 1.82) is 0 Å². The van der Waals surface area contributed by atoms with Gasteiger partial charge in [0, 0.05) is 30.6 Å². The SMILES string of the molecule is CC(C)Oc1ccc(C(=O)Nc2nc(CN3CCc4ccccc4C3)cs2)cc1.Cl. The number of benzene rings is 2. The third-order valence-electron chi connectivity index (χ3n) is 4.86. The van der Waals surface area contributed by atoms with Gasteiger partial charge in [0.25, 0.3) is 5.91 Å². The number of aromatic nitrogens is 1. The first-order chi connectivity index (χ1) is 14.1. The minimum Gasteiger partial charge on any atom is -0.491 e. The Morgan fingerprint density at radius 1 is 1.17 bits per heavy atom. The van der Waals surface area contributed by atoms with Crippen LogP contribution in [0.3, 0.4) is 0 Å². The topological polar surface area (TPSA) is 54.5 Å². The standard InChI is InChI=1S/C23H25N3O2S.ClH/c1-16(2)28-21-9-7-18(8-10-21)22(27)25-23-24-20(15-29-23)14-26-12-11-17-5-3-4-6-19(17)13-26;/h3-10,15-16H,11-14H2,1-2H3,(H,24,25,27);1H. The van der Waals surface area contributed by atoms with Crippen LogP contribution >= 0.6 is 23.7 Å². The highest BCUT2D eigenvalue weighted by Crippen LogP contribution is 2.23. The molecular formula is C23H26ClN3O2S. The van der Waals surface area contributed by atoms with Crippen molar-refractivity contribution in [3.63, 3.8) is 0 Å². The fraction of sp³-hybridized carbons (Fsp3) is 0.304. The van der Waals surface area contributed by atoms with E-state index < -0.39 is 0 Å². The Morgan fingerprint density at radius 3 is 2.63 bits per heavy atom. The molecule has 5 nitrogen and oxygen atoms in total. The van der Waals surface area contributed by atoms with E-state index in [4.69, 9.17) is 4.74 Å². The molecule has 0 saturated carbocycles. The van der Waals surface area contributed by atoms with E-state index in [2.05, 4.69) is 39.5 Å². The summed E-state index contributed by atoms with van der Waals surface area (Å²) in [6.07, 6.45) is 1.18. The molecule has 1 amide bonds. The number of thiazole rings is 1. The van der Waals surface area contributed by atoms with Gasteiger partial charge in [-0.25, -0.2) is 4.98 Å². The molecule has 4 rings (SSSR count). The zero-order valence-electron chi connectivity index (χ0n) is 17.1.